The smallest absolute Gasteiger partial charge is 0.319 e. The van der Waals surface area contributed by atoms with Gasteiger partial charge in [0, 0.05) is 29.6 Å². The average molecular weight is 437 g/mol. The fourth-order valence-corrected chi connectivity index (χ4v) is 4.32. The molecule has 1 aliphatic rings. The molecule has 1 saturated heterocycles. The molecule has 7 heteroatoms. The van der Waals surface area contributed by atoms with E-state index in [2.05, 4.69) is 16.7 Å². The van der Waals surface area contributed by atoms with Gasteiger partial charge in [0.25, 0.3) is 5.91 Å². The molecule has 0 atom stereocenters. The number of hydrogen-bond acceptors (Lipinski definition) is 4. The Bertz CT molecular complexity index is 974. The van der Waals surface area contributed by atoms with Crippen LogP contribution in [0.3, 0.4) is 0 Å². The lowest BCUT2D eigenvalue weighted by molar-refractivity contribution is 0.0713. The van der Waals surface area contributed by atoms with Crippen molar-refractivity contribution in [1.82, 2.24) is 10.2 Å². The van der Waals surface area contributed by atoms with Gasteiger partial charge in [0.15, 0.2) is 0 Å². The van der Waals surface area contributed by atoms with Gasteiger partial charge in [-0.1, -0.05) is 12.1 Å². The first kappa shape index (κ1) is 22.7. The number of anilines is 1. The SMILES string of the molecule is CSc1ccc(C(=O)N2CCC(c3ccc(C#N)cc3)CC2)cc1NC(=O)NC(C)C. The quantitative estimate of drug-likeness (QED) is 0.658. The van der Waals surface area contributed by atoms with Gasteiger partial charge in [0.1, 0.15) is 0 Å². The average Bonchev–Trinajstić information content (AvgIpc) is 2.78. The van der Waals surface area contributed by atoms with Crippen LogP contribution in [0.15, 0.2) is 47.4 Å². The number of benzene rings is 2. The third-order valence-electron chi connectivity index (χ3n) is 5.41. The molecule has 0 bridgehead atoms. The van der Waals surface area contributed by atoms with E-state index in [1.807, 2.05) is 61.4 Å². The lowest BCUT2D eigenvalue weighted by atomic mass is 9.89. The molecule has 3 amide bonds. The Hall–Kier alpha value is -2.98. The van der Waals surface area contributed by atoms with Crippen LogP contribution in [0.5, 0.6) is 0 Å². The fraction of sp³-hybridized carbons (Fsp3) is 0.375. The molecular weight excluding hydrogens is 408 g/mol. The zero-order chi connectivity index (χ0) is 22.4. The Labute approximate surface area is 188 Å². The first-order valence-electron chi connectivity index (χ1n) is 10.5. The van der Waals surface area contributed by atoms with Crippen LogP contribution in [0.1, 0.15) is 54.1 Å². The molecule has 0 radical (unpaired) electrons. The maximum absolute atomic E-state index is 13.1. The summed E-state index contributed by atoms with van der Waals surface area (Å²) >= 11 is 1.53. The summed E-state index contributed by atoms with van der Waals surface area (Å²) in [6.45, 7) is 5.17. The first-order valence-corrected chi connectivity index (χ1v) is 11.7. The molecule has 0 unspecified atom stereocenters. The minimum atomic E-state index is -0.280. The summed E-state index contributed by atoms with van der Waals surface area (Å²) < 4.78 is 0. The lowest BCUT2D eigenvalue weighted by Crippen LogP contribution is -2.38. The van der Waals surface area contributed by atoms with Crippen molar-refractivity contribution in [2.24, 2.45) is 0 Å². The normalized spacial score (nSPS) is 14.2. The van der Waals surface area contributed by atoms with Crippen LogP contribution >= 0.6 is 11.8 Å². The highest BCUT2D eigenvalue weighted by Gasteiger charge is 2.25. The molecule has 6 nitrogen and oxygen atoms in total. The second-order valence-electron chi connectivity index (χ2n) is 7.97. The number of amides is 3. The van der Waals surface area contributed by atoms with Crippen molar-refractivity contribution in [3.8, 4) is 6.07 Å². The maximum atomic E-state index is 13.1. The van der Waals surface area contributed by atoms with Crippen molar-refractivity contribution >= 4 is 29.4 Å². The second kappa shape index (κ2) is 10.4. The van der Waals surface area contributed by atoms with Gasteiger partial charge in [0.2, 0.25) is 0 Å². The van der Waals surface area contributed by atoms with E-state index in [4.69, 9.17) is 5.26 Å². The van der Waals surface area contributed by atoms with E-state index in [0.29, 0.717) is 35.8 Å². The summed E-state index contributed by atoms with van der Waals surface area (Å²) in [5, 5.41) is 14.6. The van der Waals surface area contributed by atoms with Gasteiger partial charge in [-0.05, 0) is 74.8 Å². The number of piperidine rings is 1. The molecule has 1 fully saturated rings. The second-order valence-corrected chi connectivity index (χ2v) is 8.82. The summed E-state index contributed by atoms with van der Waals surface area (Å²) in [5.74, 6) is 0.380. The van der Waals surface area contributed by atoms with Crippen LogP contribution in [-0.2, 0) is 0 Å². The van der Waals surface area contributed by atoms with Crippen LogP contribution in [0.4, 0.5) is 10.5 Å². The predicted octanol–water partition coefficient (Wildman–Crippen LogP) is 4.83. The predicted molar refractivity (Wildman–Crippen MR) is 125 cm³/mol. The monoisotopic (exact) mass is 436 g/mol. The Morgan fingerprint density at radius 2 is 1.81 bits per heavy atom. The van der Waals surface area contributed by atoms with Crippen molar-refractivity contribution in [2.75, 3.05) is 24.7 Å². The van der Waals surface area contributed by atoms with Crippen LogP contribution in [0.25, 0.3) is 0 Å². The topological polar surface area (TPSA) is 85.2 Å². The number of carbonyl (C=O) groups is 2. The van der Waals surface area contributed by atoms with E-state index in [0.717, 1.165) is 17.7 Å². The Morgan fingerprint density at radius 3 is 2.39 bits per heavy atom. The van der Waals surface area contributed by atoms with E-state index in [9.17, 15) is 9.59 Å². The van der Waals surface area contributed by atoms with Crippen LogP contribution in [0, 0.1) is 11.3 Å². The highest BCUT2D eigenvalue weighted by molar-refractivity contribution is 7.98. The van der Waals surface area contributed by atoms with E-state index in [-0.39, 0.29) is 18.0 Å². The van der Waals surface area contributed by atoms with E-state index < -0.39 is 0 Å². The molecule has 0 aromatic heterocycles. The number of carbonyl (C=O) groups excluding carboxylic acids is 2. The van der Waals surface area contributed by atoms with Crippen LogP contribution < -0.4 is 10.6 Å². The minimum absolute atomic E-state index is 0.0155. The third-order valence-corrected chi connectivity index (χ3v) is 6.20. The lowest BCUT2D eigenvalue weighted by Gasteiger charge is -2.32. The molecule has 0 saturated carbocycles. The van der Waals surface area contributed by atoms with Gasteiger partial charge in [-0.15, -0.1) is 11.8 Å². The Balaban J connectivity index is 1.66. The largest absolute Gasteiger partial charge is 0.339 e. The van der Waals surface area contributed by atoms with Gasteiger partial charge in [0.05, 0.1) is 17.3 Å². The highest BCUT2D eigenvalue weighted by Crippen LogP contribution is 2.30. The van der Waals surface area contributed by atoms with E-state index in [1.54, 1.807) is 6.07 Å². The molecule has 3 rings (SSSR count). The fourth-order valence-electron chi connectivity index (χ4n) is 3.79. The molecule has 1 heterocycles. The summed E-state index contributed by atoms with van der Waals surface area (Å²) in [6, 6.07) is 15.1. The van der Waals surface area contributed by atoms with Crippen molar-refractivity contribution in [3.63, 3.8) is 0 Å². The van der Waals surface area contributed by atoms with E-state index in [1.165, 1.54) is 17.3 Å². The zero-order valence-corrected chi connectivity index (χ0v) is 19.0. The molecule has 31 heavy (non-hydrogen) atoms. The number of likely N-dealkylation sites (tertiary alicyclic amines) is 1. The molecule has 2 N–H and O–H groups in total. The van der Waals surface area contributed by atoms with Crippen molar-refractivity contribution < 1.29 is 9.59 Å². The molecule has 162 valence electrons. The van der Waals surface area contributed by atoms with E-state index >= 15 is 0 Å². The Kier molecular flexibility index (Phi) is 7.59. The van der Waals surface area contributed by atoms with Crippen molar-refractivity contribution in [1.29, 1.82) is 5.26 Å². The van der Waals surface area contributed by atoms with Gasteiger partial charge >= 0.3 is 6.03 Å². The van der Waals surface area contributed by atoms with Gasteiger partial charge < -0.3 is 15.5 Å². The number of nitrogens with one attached hydrogen (secondary N) is 2. The molecule has 0 aliphatic carbocycles. The molecule has 2 aromatic carbocycles. The first-order chi connectivity index (χ1) is 14.9. The summed E-state index contributed by atoms with van der Waals surface area (Å²) in [6.07, 6.45) is 3.72. The molecular formula is C24H28N4O2S. The number of urea groups is 1. The summed E-state index contributed by atoms with van der Waals surface area (Å²) in [7, 11) is 0. The van der Waals surface area contributed by atoms with Gasteiger partial charge in [-0.25, -0.2) is 4.79 Å². The summed E-state index contributed by atoms with van der Waals surface area (Å²) in [4.78, 5) is 28.0. The van der Waals surface area contributed by atoms with Crippen molar-refractivity contribution in [2.45, 2.75) is 43.5 Å². The number of rotatable bonds is 5. The maximum Gasteiger partial charge on any atom is 0.319 e. The zero-order valence-electron chi connectivity index (χ0n) is 18.1. The Morgan fingerprint density at radius 1 is 1.13 bits per heavy atom. The number of nitrogens with zero attached hydrogens (tertiary/aromatic N) is 2. The van der Waals surface area contributed by atoms with Crippen molar-refractivity contribution in [3.05, 3.63) is 59.2 Å². The van der Waals surface area contributed by atoms with Crippen LogP contribution in [0.2, 0.25) is 0 Å². The number of nitriles is 1. The minimum Gasteiger partial charge on any atom is -0.339 e. The van der Waals surface area contributed by atoms with Crippen LogP contribution in [-0.4, -0.2) is 42.2 Å². The highest BCUT2D eigenvalue weighted by atomic mass is 32.2. The molecule has 2 aromatic rings. The van der Waals surface area contributed by atoms with Gasteiger partial charge in [-0.2, -0.15) is 5.26 Å². The van der Waals surface area contributed by atoms with Gasteiger partial charge in [-0.3, -0.25) is 4.79 Å². The standard InChI is InChI=1S/C24H28N4O2S/c1-16(2)26-24(30)27-21-14-20(8-9-22(21)31-3)23(29)28-12-10-19(11-13-28)18-6-4-17(15-25)5-7-18/h4-9,14,16,19H,10-13H2,1-3H3,(H2,26,27,30). The number of thioether (sulfide) groups is 1. The summed E-state index contributed by atoms with van der Waals surface area (Å²) in [5.41, 5.74) is 3.10. The number of hydrogen-bond donors (Lipinski definition) is 2. The molecule has 1 aliphatic heterocycles. The third kappa shape index (κ3) is 5.80. The molecule has 0 spiro atoms.